The zero-order valence-electron chi connectivity index (χ0n) is 10.3. The number of ether oxygens (including phenoxy) is 2. The van der Waals surface area contributed by atoms with Gasteiger partial charge in [-0.1, -0.05) is 5.18 Å². The zero-order valence-corrected chi connectivity index (χ0v) is 10.3. The summed E-state index contributed by atoms with van der Waals surface area (Å²) in [4.78, 5) is 21.0. The second kappa shape index (κ2) is 6.58. The highest BCUT2D eigenvalue weighted by Gasteiger charge is 2.18. The van der Waals surface area contributed by atoms with Crippen LogP contribution in [0.3, 0.4) is 0 Å². The Hall–Kier alpha value is -2.11. The summed E-state index contributed by atoms with van der Waals surface area (Å²) in [6.07, 6.45) is 0.505. The van der Waals surface area contributed by atoms with E-state index in [4.69, 9.17) is 14.6 Å². The van der Waals surface area contributed by atoms with E-state index >= 15 is 0 Å². The van der Waals surface area contributed by atoms with Gasteiger partial charge >= 0.3 is 5.97 Å². The number of methoxy groups -OCH3 is 2. The fraction of sp³-hybridized carbons (Fsp3) is 0.417. The topological polar surface area (TPSA) is 85.2 Å². The van der Waals surface area contributed by atoms with E-state index in [0.717, 1.165) is 5.56 Å². The molecule has 0 spiro atoms. The van der Waals surface area contributed by atoms with Crippen LogP contribution in [0, 0.1) is 4.91 Å². The smallest absolute Gasteiger partial charge is 0.332 e. The van der Waals surface area contributed by atoms with Gasteiger partial charge in [0.2, 0.25) is 0 Å². The molecule has 0 aliphatic heterocycles. The molecule has 0 heterocycles. The SMILES string of the molecule is COc1ccc(OC)c(CCC(N=O)C(=O)O)c1. The van der Waals surface area contributed by atoms with Crippen molar-refractivity contribution in [1.82, 2.24) is 0 Å². The number of hydrogen-bond acceptors (Lipinski definition) is 5. The van der Waals surface area contributed by atoms with E-state index in [0.29, 0.717) is 17.9 Å². The minimum Gasteiger partial charge on any atom is -0.497 e. The second-order valence-electron chi connectivity index (χ2n) is 3.68. The summed E-state index contributed by atoms with van der Waals surface area (Å²) < 4.78 is 10.2. The average Bonchev–Trinajstić information content (AvgIpc) is 2.38. The van der Waals surface area contributed by atoms with Crippen LogP contribution >= 0.6 is 0 Å². The number of nitroso groups, excluding NO2 is 1. The van der Waals surface area contributed by atoms with Crippen LogP contribution in [-0.2, 0) is 11.2 Å². The molecule has 1 atom stereocenters. The van der Waals surface area contributed by atoms with Crippen molar-refractivity contribution >= 4 is 5.97 Å². The van der Waals surface area contributed by atoms with Gasteiger partial charge in [0, 0.05) is 0 Å². The van der Waals surface area contributed by atoms with Gasteiger partial charge in [-0.3, -0.25) is 0 Å². The molecule has 0 saturated heterocycles. The highest BCUT2D eigenvalue weighted by molar-refractivity contribution is 5.73. The van der Waals surface area contributed by atoms with E-state index in [1.807, 2.05) is 0 Å². The quantitative estimate of drug-likeness (QED) is 0.749. The van der Waals surface area contributed by atoms with Gasteiger partial charge in [-0.25, -0.2) is 4.79 Å². The molecule has 0 aromatic heterocycles. The highest BCUT2D eigenvalue weighted by atomic mass is 16.5. The van der Waals surface area contributed by atoms with Crippen molar-refractivity contribution in [3.63, 3.8) is 0 Å². The molecule has 0 aliphatic rings. The van der Waals surface area contributed by atoms with Crippen LogP contribution in [-0.4, -0.2) is 31.3 Å². The summed E-state index contributed by atoms with van der Waals surface area (Å²) in [6, 6.07) is 4.00. The summed E-state index contributed by atoms with van der Waals surface area (Å²) in [7, 11) is 3.07. The molecule has 1 aromatic rings. The lowest BCUT2D eigenvalue weighted by Crippen LogP contribution is -2.18. The molecule has 1 unspecified atom stereocenters. The first-order valence-electron chi connectivity index (χ1n) is 5.38. The third-order valence-electron chi connectivity index (χ3n) is 2.59. The number of benzene rings is 1. The summed E-state index contributed by atoms with van der Waals surface area (Å²) in [6.45, 7) is 0. The van der Waals surface area contributed by atoms with Gasteiger partial charge in [-0.05, 0) is 36.6 Å². The van der Waals surface area contributed by atoms with Crippen LogP contribution in [0.5, 0.6) is 11.5 Å². The summed E-state index contributed by atoms with van der Waals surface area (Å²) in [5.41, 5.74) is 0.784. The molecule has 0 radical (unpaired) electrons. The number of carboxylic acid groups (broad SMARTS) is 1. The Balaban J connectivity index is 2.81. The number of aliphatic carboxylic acids is 1. The van der Waals surface area contributed by atoms with E-state index in [1.165, 1.54) is 7.11 Å². The molecule has 98 valence electrons. The predicted octanol–water partition coefficient (Wildman–Crippen LogP) is 1.86. The molecular weight excluding hydrogens is 238 g/mol. The Bertz CT molecular complexity index is 432. The first-order valence-corrected chi connectivity index (χ1v) is 5.38. The van der Waals surface area contributed by atoms with Gasteiger partial charge in [-0.2, -0.15) is 0 Å². The Morgan fingerprint density at radius 2 is 2.11 bits per heavy atom. The lowest BCUT2D eigenvalue weighted by molar-refractivity contribution is -0.138. The molecular formula is C12H15NO5. The van der Waals surface area contributed by atoms with E-state index in [9.17, 15) is 9.70 Å². The normalized spacial score (nSPS) is 11.7. The van der Waals surface area contributed by atoms with Crippen molar-refractivity contribution in [2.24, 2.45) is 5.18 Å². The van der Waals surface area contributed by atoms with Crippen LogP contribution in [0.4, 0.5) is 0 Å². The summed E-state index contributed by atoms with van der Waals surface area (Å²) in [5, 5.41) is 11.3. The van der Waals surface area contributed by atoms with Crippen molar-refractivity contribution in [2.75, 3.05) is 14.2 Å². The molecule has 0 bridgehead atoms. The lowest BCUT2D eigenvalue weighted by Gasteiger charge is -2.11. The average molecular weight is 253 g/mol. The Morgan fingerprint density at radius 3 is 2.61 bits per heavy atom. The Kier molecular flexibility index (Phi) is 5.10. The number of rotatable bonds is 7. The van der Waals surface area contributed by atoms with Crippen molar-refractivity contribution in [3.05, 3.63) is 28.7 Å². The fourth-order valence-electron chi connectivity index (χ4n) is 1.59. The Morgan fingerprint density at radius 1 is 1.39 bits per heavy atom. The lowest BCUT2D eigenvalue weighted by atomic mass is 10.0. The summed E-state index contributed by atoms with van der Waals surface area (Å²) >= 11 is 0. The largest absolute Gasteiger partial charge is 0.497 e. The fourth-order valence-corrected chi connectivity index (χ4v) is 1.59. The molecule has 1 N–H and O–H groups in total. The van der Waals surface area contributed by atoms with Gasteiger partial charge in [0.15, 0.2) is 6.04 Å². The highest BCUT2D eigenvalue weighted by Crippen LogP contribution is 2.25. The molecule has 6 nitrogen and oxygen atoms in total. The maximum atomic E-state index is 10.7. The van der Waals surface area contributed by atoms with Crippen molar-refractivity contribution in [1.29, 1.82) is 0 Å². The van der Waals surface area contributed by atoms with E-state index in [2.05, 4.69) is 5.18 Å². The van der Waals surface area contributed by atoms with Crippen LogP contribution in [0.1, 0.15) is 12.0 Å². The van der Waals surface area contributed by atoms with Crippen molar-refractivity contribution in [2.45, 2.75) is 18.9 Å². The number of hydrogen-bond donors (Lipinski definition) is 1. The first-order chi connectivity index (χ1) is 8.62. The summed E-state index contributed by atoms with van der Waals surface area (Å²) in [5.74, 6) is 0.0643. The van der Waals surface area contributed by atoms with E-state index in [-0.39, 0.29) is 6.42 Å². The molecule has 1 rings (SSSR count). The molecule has 0 fully saturated rings. The first kappa shape index (κ1) is 14.0. The second-order valence-corrected chi connectivity index (χ2v) is 3.68. The van der Waals surface area contributed by atoms with Gasteiger partial charge in [0.05, 0.1) is 14.2 Å². The van der Waals surface area contributed by atoms with E-state index in [1.54, 1.807) is 25.3 Å². The van der Waals surface area contributed by atoms with Crippen LogP contribution in [0.2, 0.25) is 0 Å². The number of nitrogens with zero attached hydrogens (tertiary/aromatic N) is 1. The maximum Gasteiger partial charge on any atom is 0.332 e. The van der Waals surface area contributed by atoms with Crippen LogP contribution in [0.15, 0.2) is 23.4 Å². The minimum absolute atomic E-state index is 0.127. The third-order valence-corrected chi connectivity index (χ3v) is 2.59. The molecule has 18 heavy (non-hydrogen) atoms. The van der Waals surface area contributed by atoms with Gasteiger partial charge in [0.1, 0.15) is 11.5 Å². The number of aryl methyl sites for hydroxylation is 1. The molecule has 6 heteroatoms. The van der Waals surface area contributed by atoms with Crippen LogP contribution in [0.25, 0.3) is 0 Å². The van der Waals surface area contributed by atoms with Crippen LogP contribution < -0.4 is 9.47 Å². The maximum absolute atomic E-state index is 10.7. The monoisotopic (exact) mass is 253 g/mol. The third kappa shape index (κ3) is 3.44. The molecule has 0 saturated carbocycles. The van der Waals surface area contributed by atoms with Gasteiger partial charge in [0.25, 0.3) is 0 Å². The van der Waals surface area contributed by atoms with E-state index < -0.39 is 12.0 Å². The molecule has 0 amide bonds. The molecule has 0 aliphatic carbocycles. The minimum atomic E-state index is -1.24. The van der Waals surface area contributed by atoms with Crippen molar-refractivity contribution < 1.29 is 19.4 Å². The van der Waals surface area contributed by atoms with Crippen molar-refractivity contribution in [3.8, 4) is 11.5 Å². The van der Waals surface area contributed by atoms with Gasteiger partial charge < -0.3 is 14.6 Å². The van der Waals surface area contributed by atoms with Gasteiger partial charge in [-0.15, -0.1) is 4.91 Å². The Labute approximate surface area is 104 Å². The molecule has 1 aromatic carbocycles. The number of carboxylic acids is 1. The number of carbonyl (C=O) groups is 1. The standard InChI is InChI=1S/C12H15NO5/c1-17-9-4-6-11(18-2)8(7-9)3-5-10(13-16)12(14)15/h4,6-7,10H,3,5H2,1-2H3,(H,14,15). The zero-order chi connectivity index (χ0) is 13.5. The predicted molar refractivity (Wildman–Crippen MR) is 65.1 cm³/mol.